The zero-order chi connectivity index (χ0) is 21.3. The van der Waals surface area contributed by atoms with E-state index in [1.54, 1.807) is 35.5 Å². The van der Waals surface area contributed by atoms with Crippen LogP contribution in [0.15, 0.2) is 24.3 Å². The second-order valence-electron chi connectivity index (χ2n) is 7.74. The molecule has 3 atom stereocenters. The van der Waals surface area contributed by atoms with Crippen LogP contribution >= 0.6 is 0 Å². The number of hydrogen-bond donors (Lipinski definition) is 0. The maximum atomic E-state index is 6.70. The van der Waals surface area contributed by atoms with Gasteiger partial charge >= 0.3 is 0 Å². The van der Waals surface area contributed by atoms with Gasteiger partial charge in [0.25, 0.3) is 0 Å². The number of fused-ring (bicyclic) bond motifs is 3. The fourth-order valence-electron chi connectivity index (χ4n) is 4.83. The first kappa shape index (κ1) is 20.7. The molecule has 1 fully saturated rings. The molecule has 2 aliphatic rings. The molecule has 30 heavy (non-hydrogen) atoms. The van der Waals surface area contributed by atoms with Crippen molar-refractivity contribution in [2.45, 2.75) is 43.8 Å². The molecule has 1 saturated carbocycles. The van der Waals surface area contributed by atoms with Gasteiger partial charge < -0.3 is 28.4 Å². The molecule has 0 spiro atoms. The zero-order valence-corrected chi connectivity index (χ0v) is 18.3. The van der Waals surface area contributed by atoms with Crippen molar-refractivity contribution in [3.8, 4) is 28.7 Å². The molecule has 0 radical (unpaired) electrons. The average Bonchev–Trinajstić information content (AvgIpc) is 2.81. The molecule has 0 saturated heterocycles. The van der Waals surface area contributed by atoms with E-state index in [2.05, 4.69) is 6.07 Å². The summed E-state index contributed by atoms with van der Waals surface area (Å²) in [5.41, 5.74) is 3.34. The Morgan fingerprint density at radius 3 is 1.80 bits per heavy atom. The molecule has 0 bridgehead atoms. The lowest BCUT2D eigenvalue weighted by atomic mass is 9.76. The van der Waals surface area contributed by atoms with E-state index >= 15 is 0 Å². The summed E-state index contributed by atoms with van der Waals surface area (Å²) in [5, 5.41) is 0. The van der Waals surface area contributed by atoms with Crippen LogP contribution in [0.4, 0.5) is 0 Å². The Balaban J connectivity index is 1.89. The summed E-state index contributed by atoms with van der Waals surface area (Å²) < 4.78 is 34.6. The van der Waals surface area contributed by atoms with Crippen molar-refractivity contribution in [2.24, 2.45) is 0 Å². The van der Waals surface area contributed by atoms with E-state index in [4.69, 9.17) is 28.4 Å². The fraction of sp³-hybridized carbons (Fsp3) is 0.500. The Morgan fingerprint density at radius 1 is 0.667 bits per heavy atom. The van der Waals surface area contributed by atoms with Gasteiger partial charge in [0.2, 0.25) is 5.75 Å². The van der Waals surface area contributed by atoms with Crippen molar-refractivity contribution in [3.05, 3.63) is 41.0 Å². The largest absolute Gasteiger partial charge is 0.493 e. The van der Waals surface area contributed by atoms with Crippen molar-refractivity contribution < 1.29 is 28.4 Å². The smallest absolute Gasteiger partial charge is 0.203 e. The Kier molecular flexibility index (Phi) is 5.95. The molecule has 2 aromatic rings. The van der Waals surface area contributed by atoms with E-state index in [9.17, 15) is 0 Å². The molecule has 1 aliphatic heterocycles. The summed E-state index contributed by atoms with van der Waals surface area (Å²) in [5.74, 6) is 3.62. The molecule has 1 heterocycles. The highest BCUT2D eigenvalue weighted by Crippen LogP contribution is 2.51. The molecule has 6 heteroatoms. The molecule has 1 aliphatic carbocycles. The fourth-order valence-corrected chi connectivity index (χ4v) is 4.83. The van der Waals surface area contributed by atoms with Crippen molar-refractivity contribution in [1.82, 2.24) is 0 Å². The summed E-state index contributed by atoms with van der Waals surface area (Å²) in [7, 11) is 8.20. The minimum Gasteiger partial charge on any atom is -0.493 e. The number of ether oxygens (including phenoxy) is 6. The highest BCUT2D eigenvalue weighted by Gasteiger charge is 2.39. The summed E-state index contributed by atoms with van der Waals surface area (Å²) in [4.78, 5) is 0. The topological polar surface area (TPSA) is 55.4 Å². The van der Waals surface area contributed by atoms with Crippen molar-refractivity contribution >= 4 is 0 Å². The molecule has 0 N–H and O–H groups in total. The first-order valence-corrected chi connectivity index (χ1v) is 10.4. The quantitative estimate of drug-likeness (QED) is 0.672. The molecule has 6 nitrogen and oxygen atoms in total. The third-order valence-corrected chi connectivity index (χ3v) is 6.27. The zero-order valence-electron chi connectivity index (χ0n) is 18.3. The Hall–Kier alpha value is -2.60. The third kappa shape index (κ3) is 3.43. The maximum Gasteiger partial charge on any atom is 0.203 e. The van der Waals surface area contributed by atoms with Gasteiger partial charge in [0.05, 0.1) is 41.7 Å². The second-order valence-corrected chi connectivity index (χ2v) is 7.74. The monoisotopic (exact) mass is 414 g/mol. The Labute approximate surface area is 178 Å². The predicted molar refractivity (Wildman–Crippen MR) is 114 cm³/mol. The molecule has 0 unspecified atom stereocenters. The minimum atomic E-state index is -0.257. The number of hydrogen-bond acceptors (Lipinski definition) is 6. The summed E-state index contributed by atoms with van der Waals surface area (Å²) >= 11 is 0. The second kappa shape index (κ2) is 8.64. The normalized spacial score (nSPS) is 22.5. The third-order valence-electron chi connectivity index (χ3n) is 6.27. The molecular formula is C24H30O6. The molecule has 2 aromatic carbocycles. The van der Waals surface area contributed by atoms with Crippen molar-refractivity contribution in [1.29, 1.82) is 0 Å². The van der Waals surface area contributed by atoms with Crippen LogP contribution in [-0.2, 0) is 4.74 Å². The van der Waals surface area contributed by atoms with Crippen LogP contribution in [0.25, 0.3) is 0 Å². The van der Waals surface area contributed by atoms with Gasteiger partial charge in [-0.3, -0.25) is 0 Å². The van der Waals surface area contributed by atoms with Crippen molar-refractivity contribution in [2.75, 3.05) is 35.5 Å². The summed E-state index contributed by atoms with van der Waals surface area (Å²) in [6.45, 7) is 0. The van der Waals surface area contributed by atoms with Gasteiger partial charge in [-0.15, -0.1) is 0 Å². The average molecular weight is 414 g/mol. The first-order chi connectivity index (χ1) is 14.6. The van der Waals surface area contributed by atoms with E-state index in [1.807, 2.05) is 18.2 Å². The Bertz CT molecular complexity index is 884. The van der Waals surface area contributed by atoms with Gasteiger partial charge in [0, 0.05) is 5.92 Å². The lowest BCUT2D eigenvalue weighted by Crippen LogP contribution is -2.33. The van der Waals surface area contributed by atoms with Crippen LogP contribution in [-0.4, -0.2) is 41.7 Å². The van der Waals surface area contributed by atoms with E-state index < -0.39 is 0 Å². The molecule has 0 amide bonds. The summed E-state index contributed by atoms with van der Waals surface area (Å²) in [6, 6.07) is 8.11. The van der Waals surface area contributed by atoms with E-state index in [1.165, 1.54) is 18.4 Å². The van der Waals surface area contributed by atoms with Crippen LogP contribution in [0.3, 0.4) is 0 Å². The van der Waals surface area contributed by atoms with E-state index in [0.717, 1.165) is 29.7 Å². The van der Waals surface area contributed by atoms with Gasteiger partial charge in [-0.2, -0.15) is 0 Å². The van der Waals surface area contributed by atoms with E-state index in [0.29, 0.717) is 28.9 Å². The minimum absolute atomic E-state index is 0.174. The lowest BCUT2D eigenvalue weighted by Gasteiger charge is -2.41. The van der Waals surface area contributed by atoms with Gasteiger partial charge in [-0.25, -0.2) is 0 Å². The van der Waals surface area contributed by atoms with Crippen LogP contribution < -0.4 is 23.7 Å². The molecule has 0 aromatic heterocycles. The SMILES string of the molecule is COc1cc2c(cc1OC)[C@H]1CCCC[C@@H]1O[C@@H]2c1cc(OC)c(OC)c(OC)c1. The van der Waals surface area contributed by atoms with Crippen LogP contribution in [0, 0.1) is 0 Å². The van der Waals surface area contributed by atoms with Crippen LogP contribution in [0.1, 0.15) is 54.4 Å². The maximum absolute atomic E-state index is 6.70. The van der Waals surface area contributed by atoms with Gasteiger partial charge in [0.15, 0.2) is 23.0 Å². The van der Waals surface area contributed by atoms with Crippen LogP contribution in [0.2, 0.25) is 0 Å². The molecular weight excluding hydrogens is 384 g/mol. The van der Waals surface area contributed by atoms with E-state index in [-0.39, 0.29) is 12.2 Å². The standard InChI is InChI=1S/C24H30O6/c1-25-19-12-16-15-8-6-7-9-18(15)30-23(17(16)13-20(19)26-2)14-10-21(27-3)24(29-5)22(11-14)28-4/h10-13,15,18,23H,6-9H2,1-5H3/t15-,18+,23-/m1/s1. The number of benzene rings is 2. The first-order valence-electron chi connectivity index (χ1n) is 10.4. The molecule has 162 valence electrons. The number of rotatable bonds is 6. The van der Waals surface area contributed by atoms with Crippen molar-refractivity contribution in [3.63, 3.8) is 0 Å². The van der Waals surface area contributed by atoms with Gasteiger partial charge in [-0.1, -0.05) is 12.8 Å². The van der Waals surface area contributed by atoms with Gasteiger partial charge in [0.1, 0.15) is 6.10 Å². The predicted octanol–water partition coefficient (Wildman–Crippen LogP) is 4.88. The van der Waals surface area contributed by atoms with Gasteiger partial charge in [-0.05, 0) is 53.8 Å². The number of methoxy groups -OCH3 is 5. The highest BCUT2D eigenvalue weighted by atomic mass is 16.5. The highest BCUT2D eigenvalue weighted by molar-refractivity contribution is 5.58. The Morgan fingerprint density at radius 2 is 1.23 bits per heavy atom. The summed E-state index contributed by atoms with van der Waals surface area (Å²) in [6.07, 6.45) is 4.49. The molecule has 4 rings (SSSR count). The lowest BCUT2D eigenvalue weighted by molar-refractivity contribution is -0.0392. The van der Waals surface area contributed by atoms with Crippen LogP contribution in [0.5, 0.6) is 28.7 Å².